The van der Waals surface area contributed by atoms with Gasteiger partial charge in [0.05, 0.1) is 18.2 Å². The van der Waals surface area contributed by atoms with Crippen LogP contribution in [0.2, 0.25) is 0 Å². The first-order valence-corrected chi connectivity index (χ1v) is 7.51. The highest BCUT2D eigenvalue weighted by atomic mass is 16.3. The maximum Gasteiger partial charge on any atom is 0.302 e. The van der Waals surface area contributed by atoms with Gasteiger partial charge in [-0.1, -0.05) is 12.1 Å². The quantitative estimate of drug-likeness (QED) is 0.404. The van der Waals surface area contributed by atoms with E-state index in [2.05, 4.69) is 15.0 Å². The van der Waals surface area contributed by atoms with E-state index in [-0.39, 0.29) is 24.7 Å². The predicted octanol–water partition coefficient (Wildman–Crippen LogP) is -0.560. The average molecular weight is 354 g/mol. The molecule has 0 saturated heterocycles. The Hall–Kier alpha value is -3.71. The molecule has 1 aromatic carbocycles. The molecule has 0 aliphatic rings. The zero-order valence-electron chi connectivity index (χ0n) is 14.0. The summed E-state index contributed by atoms with van der Waals surface area (Å²) in [5.41, 5.74) is 17.5. The number of rotatable bonds is 5. The topological polar surface area (TPSA) is 181 Å². The SMILES string of the molecule is CN(CCO)c1nc(N)c(C(=O)N=C(N)N)nc1-c1ccc(C#N)cc1. The number of hydrogen-bond acceptors (Lipinski definition) is 7. The first-order chi connectivity index (χ1) is 12.4. The summed E-state index contributed by atoms with van der Waals surface area (Å²) < 4.78 is 0. The van der Waals surface area contributed by atoms with Crippen LogP contribution in [0.3, 0.4) is 0 Å². The molecular formula is C16H18N8O2. The molecule has 7 N–H and O–H groups in total. The van der Waals surface area contributed by atoms with Crippen LogP contribution in [0.5, 0.6) is 0 Å². The van der Waals surface area contributed by atoms with Gasteiger partial charge in [-0.15, -0.1) is 0 Å². The molecule has 0 saturated carbocycles. The van der Waals surface area contributed by atoms with Crippen molar-refractivity contribution in [2.45, 2.75) is 0 Å². The van der Waals surface area contributed by atoms with E-state index in [4.69, 9.17) is 22.5 Å². The van der Waals surface area contributed by atoms with Crippen LogP contribution >= 0.6 is 0 Å². The van der Waals surface area contributed by atoms with Crippen LogP contribution in [0.15, 0.2) is 29.3 Å². The van der Waals surface area contributed by atoms with Crippen LogP contribution in [-0.4, -0.2) is 47.1 Å². The summed E-state index contributed by atoms with van der Waals surface area (Å²) in [5.74, 6) is -1.02. The number of anilines is 2. The molecule has 0 fully saturated rings. The Morgan fingerprint density at radius 2 is 1.96 bits per heavy atom. The fourth-order valence-corrected chi connectivity index (χ4v) is 2.18. The number of aliphatic hydroxyl groups excluding tert-OH is 1. The third-order valence-electron chi connectivity index (χ3n) is 3.42. The number of likely N-dealkylation sites (N-methyl/N-ethyl adjacent to an activating group) is 1. The first-order valence-electron chi connectivity index (χ1n) is 7.51. The highest BCUT2D eigenvalue weighted by molar-refractivity contribution is 6.03. The molecule has 0 spiro atoms. The van der Waals surface area contributed by atoms with Crippen LogP contribution in [-0.2, 0) is 0 Å². The van der Waals surface area contributed by atoms with Crippen molar-refractivity contribution in [1.29, 1.82) is 5.26 Å². The Morgan fingerprint density at radius 3 is 2.50 bits per heavy atom. The van der Waals surface area contributed by atoms with E-state index in [0.717, 1.165) is 0 Å². The van der Waals surface area contributed by atoms with Crippen molar-refractivity contribution >= 4 is 23.5 Å². The van der Waals surface area contributed by atoms with Crippen LogP contribution in [0.1, 0.15) is 16.1 Å². The summed E-state index contributed by atoms with van der Waals surface area (Å²) in [5, 5.41) is 18.1. The molecule has 2 aromatic rings. The molecule has 10 nitrogen and oxygen atoms in total. The number of benzene rings is 1. The third kappa shape index (κ3) is 4.03. The number of aromatic nitrogens is 2. The highest BCUT2D eigenvalue weighted by Gasteiger charge is 2.20. The summed E-state index contributed by atoms with van der Waals surface area (Å²) in [6, 6.07) is 8.59. The van der Waals surface area contributed by atoms with Crippen molar-refractivity contribution in [2.75, 3.05) is 30.8 Å². The third-order valence-corrected chi connectivity index (χ3v) is 3.42. The smallest absolute Gasteiger partial charge is 0.302 e. The van der Waals surface area contributed by atoms with E-state index in [1.807, 2.05) is 6.07 Å². The Balaban J connectivity index is 2.65. The molecule has 1 aromatic heterocycles. The molecule has 26 heavy (non-hydrogen) atoms. The van der Waals surface area contributed by atoms with E-state index in [0.29, 0.717) is 22.6 Å². The lowest BCUT2D eigenvalue weighted by molar-refractivity contribution is 0.0998. The lowest BCUT2D eigenvalue weighted by Crippen LogP contribution is -2.26. The van der Waals surface area contributed by atoms with Gasteiger partial charge in [-0.05, 0) is 12.1 Å². The predicted molar refractivity (Wildman–Crippen MR) is 97.1 cm³/mol. The monoisotopic (exact) mass is 354 g/mol. The lowest BCUT2D eigenvalue weighted by Gasteiger charge is -2.20. The number of carbonyl (C=O) groups is 1. The number of amides is 1. The van der Waals surface area contributed by atoms with Crippen LogP contribution in [0.4, 0.5) is 11.6 Å². The van der Waals surface area contributed by atoms with Crippen molar-refractivity contribution in [1.82, 2.24) is 9.97 Å². The normalized spacial score (nSPS) is 10.0. The first kappa shape index (κ1) is 18.6. The maximum absolute atomic E-state index is 12.1. The molecule has 0 bridgehead atoms. The van der Waals surface area contributed by atoms with Crippen molar-refractivity contribution in [2.24, 2.45) is 16.5 Å². The van der Waals surface area contributed by atoms with Gasteiger partial charge in [0.15, 0.2) is 23.3 Å². The van der Waals surface area contributed by atoms with Gasteiger partial charge in [-0.3, -0.25) is 4.79 Å². The number of guanidine groups is 1. The number of nitrogens with two attached hydrogens (primary N) is 3. The minimum Gasteiger partial charge on any atom is -0.395 e. The van der Waals surface area contributed by atoms with Gasteiger partial charge >= 0.3 is 5.91 Å². The molecule has 2 rings (SSSR count). The lowest BCUT2D eigenvalue weighted by atomic mass is 10.1. The van der Waals surface area contributed by atoms with E-state index in [9.17, 15) is 9.90 Å². The Morgan fingerprint density at radius 1 is 1.31 bits per heavy atom. The standard InChI is InChI=1S/C16H18N8O2/c1-24(6-7-25)14-11(10-4-2-9(8-17)3-5-10)21-12(13(18)22-14)15(26)23-16(19)20/h2-5,25H,6-7H2,1H3,(H2,18,22)(H4,19,20,23,26). The molecule has 0 aliphatic heterocycles. The summed E-state index contributed by atoms with van der Waals surface area (Å²) in [6.07, 6.45) is 0. The molecule has 0 aliphatic carbocycles. The second-order valence-corrected chi connectivity index (χ2v) is 5.31. The fourth-order valence-electron chi connectivity index (χ4n) is 2.18. The van der Waals surface area contributed by atoms with Gasteiger partial charge in [0, 0.05) is 19.2 Å². The molecule has 10 heteroatoms. The van der Waals surface area contributed by atoms with Gasteiger partial charge in [0.2, 0.25) is 0 Å². The van der Waals surface area contributed by atoms with Crippen LogP contribution < -0.4 is 22.1 Å². The molecule has 1 amide bonds. The minimum absolute atomic E-state index is 0.112. The van der Waals surface area contributed by atoms with Gasteiger partial charge in [0.25, 0.3) is 0 Å². The summed E-state index contributed by atoms with van der Waals surface area (Å²) in [4.78, 5) is 25.7. The van der Waals surface area contributed by atoms with Crippen molar-refractivity contribution in [3.63, 3.8) is 0 Å². The van der Waals surface area contributed by atoms with E-state index in [1.165, 1.54) is 0 Å². The number of nitrogen functional groups attached to an aromatic ring is 1. The molecule has 0 unspecified atom stereocenters. The average Bonchev–Trinajstić information content (AvgIpc) is 2.61. The maximum atomic E-state index is 12.1. The van der Waals surface area contributed by atoms with Gasteiger partial charge in [-0.2, -0.15) is 10.3 Å². The largest absolute Gasteiger partial charge is 0.395 e. The van der Waals surface area contributed by atoms with E-state index < -0.39 is 11.9 Å². The molecule has 1 heterocycles. The van der Waals surface area contributed by atoms with Gasteiger partial charge < -0.3 is 27.2 Å². The number of nitrogens with zero attached hydrogens (tertiary/aromatic N) is 5. The van der Waals surface area contributed by atoms with Gasteiger partial charge in [-0.25, -0.2) is 9.97 Å². The molecule has 0 radical (unpaired) electrons. The van der Waals surface area contributed by atoms with Gasteiger partial charge in [0.1, 0.15) is 5.69 Å². The fraction of sp³-hybridized carbons (Fsp3) is 0.188. The van der Waals surface area contributed by atoms with Crippen molar-refractivity contribution < 1.29 is 9.90 Å². The van der Waals surface area contributed by atoms with E-state index in [1.54, 1.807) is 36.2 Å². The molecule has 134 valence electrons. The van der Waals surface area contributed by atoms with Crippen molar-refractivity contribution in [3.05, 3.63) is 35.5 Å². The molecule has 0 atom stereocenters. The number of carbonyl (C=O) groups excluding carboxylic acids is 1. The summed E-state index contributed by atoms with van der Waals surface area (Å²) in [6.45, 7) is 0.165. The van der Waals surface area contributed by atoms with Crippen LogP contribution in [0, 0.1) is 11.3 Å². The zero-order chi connectivity index (χ0) is 19.3. The minimum atomic E-state index is -0.818. The Labute approximate surface area is 149 Å². The number of aliphatic hydroxyl groups is 1. The molecular weight excluding hydrogens is 336 g/mol. The van der Waals surface area contributed by atoms with E-state index >= 15 is 0 Å². The second-order valence-electron chi connectivity index (χ2n) is 5.31. The second kappa shape index (κ2) is 7.91. The number of nitriles is 1. The number of aliphatic imine (C=N–C) groups is 1. The Kier molecular flexibility index (Phi) is 5.67. The summed E-state index contributed by atoms with van der Waals surface area (Å²) in [7, 11) is 1.70. The Bertz CT molecular complexity index is 882. The summed E-state index contributed by atoms with van der Waals surface area (Å²) >= 11 is 0. The number of hydrogen-bond donors (Lipinski definition) is 4. The van der Waals surface area contributed by atoms with Crippen LogP contribution in [0.25, 0.3) is 11.3 Å². The van der Waals surface area contributed by atoms with Crippen molar-refractivity contribution in [3.8, 4) is 17.3 Å². The highest BCUT2D eigenvalue weighted by Crippen LogP contribution is 2.29. The zero-order valence-corrected chi connectivity index (χ0v) is 14.0.